The Bertz CT molecular complexity index is 1380. The summed E-state index contributed by atoms with van der Waals surface area (Å²) in [6.45, 7) is 2.37. The summed E-state index contributed by atoms with van der Waals surface area (Å²) in [6, 6.07) is 26.0. The zero-order chi connectivity index (χ0) is 24.1. The van der Waals surface area contributed by atoms with Gasteiger partial charge in [0.05, 0.1) is 22.3 Å². The third kappa shape index (κ3) is 5.43. The lowest BCUT2D eigenvalue weighted by Crippen LogP contribution is -2.12. The third-order valence-corrected chi connectivity index (χ3v) is 8.23. The second-order valence-electron chi connectivity index (χ2n) is 7.89. The van der Waals surface area contributed by atoms with Crippen LogP contribution in [0.3, 0.4) is 0 Å². The monoisotopic (exact) mass is 490 g/mol. The van der Waals surface area contributed by atoms with Gasteiger partial charge >= 0.3 is 0 Å². The van der Waals surface area contributed by atoms with Crippen molar-refractivity contribution in [2.45, 2.75) is 23.1 Å². The molecule has 174 valence electrons. The summed E-state index contributed by atoms with van der Waals surface area (Å²) in [5.41, 5.74) is 8.00. The van der Waals surface area contributed by atoms with Crippen molar-refractivity contribution in [2.24, 2.45) is 0 Å². The van der Waals surface area contributed by atoms with Crippen LogP contribution in [0.1, 0.15) is 17.5 Å². The van der Waals surface area contributed by atoms with E-state index in [1.807, 2.05) is 67.6 Å². The molecule has 34 heavy (non-hydrogen) atoms. The van der Waals surface area contributed by atoms with Gasteiger partial charge in [0.1, 0.15) is 21.6 Å². The Kier molecular flexibility index (Phi) is 7.55. The maximum atomic E-state index is 13.3. The van der Waals surface area contributed by atoms with E-state index in [1.165, 1.54) is 0 Å². The molecule has 4 rings (SSSR count). The van der Waals surface area contributed by atoms with Crippen LogP contribution in [0.15, 0.2) is 94.7 Å². The number of nitrogen functional groups attached to an aromatic ring is 1. The Balaban J connectivity index is 1.42. The summed E-state index contributed by atoms with van der Waals surface area (Å²) in [5.74, 6) is 1.02. The number of aryl methyl sites for hydroxylation is 1. The van der Waals surface area contributed by atoms with Gasteiger partial charge in [-0.25, -0.2) is 4.21 Å². The lowest BCUT2D eigenvalue weighted by Gasteiger charge is -2.12. The second kappa shape index (κ2) is 10.8. The lowest BCUT2D eigenvalue weighted by atomic mass is 10.1. The first kappa shape index (κ1) is 23.9. The molecule has 0 radical (unpaired) electrons. The Morgan fingerprint density at radius 2 is 1.68 bits per heavy atom. The third-order valence-electron chi connectivity index (χ3n) is 5.43. The number of hydrogen-bond donors (Lipinski definition) is 2. The molecule has 0 heterocycles. The highest BCUT2D eigenvalue weighted by Gasteiger charge is 2.18. The predicted molar refractivity (Wildman–Crippen MR) is 141 cm³/mol. The molecule has 5 nitrogen and oxygen atoms in total. The molecule has 0 aromatic heterocycles. The van der Waals surface area contributed by atoms with Gasteiger partial charge in [0.25, 0.3) is 0 Å². The topological polar surface area (TPSA) is 93.2 Å². The summed E-state index contributed by atoms with van der Waals surface area (Å²) < 4.78 is 31.5. The molecule has 3 N–H and O–H groups in total. The fraction of sp³-hybridized carbons (Fsp3) is 0.148. The van der Waals surface area contributed by atoms with Crippen LogP contribution in [-0.2, 0) is 21.6 Å². The summed E-state index contributed by atoms with van der Waals surface area (Å²) in [4.78, 5) is 1.39. The molecule has 0 saturated carbocycles. The molecule has 0 amide bonds. The molecule has 4 aromatic rings. The van der Waals surface area contributed by atoms with E-state index in [0.29, 0.717) is 40.7 Å². The molecule has 2 unspecified atom stereocenters. The number of ether oxygens (including phenoxy) is 1. The highest BCUT2D eigenvalue weighted by Crippen LogP contribution is 2.27. The van der Waals surface area contributed by atoms with E-state index in [4.69, 9.17) is 15.9 Å². The van der Waals surface area contributed by atoms with Gasteiger partial charge in [-0.1, -0.05) is 54.1 Å². The molecule has 0 aliphatic heterocycles. The number of rotatable bonds is 8. The normalized spacial score (nSPS) is 12.9. The SMILES string of the molecule is Cc1ccc(S(=O)CCCOc2ccc(N)c(C(=N)S(=O)c3cccc4ccccc34)c2)cc1. The molecule has 2 atom stereocenters. The zero-order valence-corrected chi connectivity index (χ0v) is 20.5. The van der Waals surface area contributed by atoms with Gasteiger partial charge < -0.3 is 10.5 Å². The van der Waals surface area contributed by atoms with Crippen molar-refractivity contribution in [1.82, 2.24) is 0 Å². The molecule has 0 aliphatic carbocycles. The number of fused-ring (bicyclic) bond motifs is 1. The minimum Gasteiger partial charge on any atom is -0.494 e. The molecular formula is C27H26N2O3S2. The van der Waals surface area contributed by atoms with Crippen LogP contribution in [0, 0.1) is 12.3 Å². The minimum atomic E-state index is -1.70. The van der Waals surface area contributed by atoms with Crippen LogP contribution in [0.5, 0.6) is 5.75 Å². The molecule has 0 aliphatic rings. The van der Waals surface area contributed by atoms with E-state index in [1.54, 1.807) is 24.3 Å². The molecule has 0 fully saturated rings. The molecule has 0 bridgehead atoms. The van der Waals surface area contributed by atoms with Crippen LogP contribution in [0.25, 0.3) is 10.8 Å². The molecule has 7 heteroatoms. The zero-order valence-electron chi connectivity index (χ0n) is 18.8. The van der Waals surface area contributed by atoms with E-state index < -0.39 is 21.6 Å². The lowest BCUT2D eigenvalue weighted by molar-refractivity contribution is 0.318. The molecule has 4 aromatic carbocycles. The van der Waals surface area contributed by atoms with Crippen molar-refractivity contribution in [3.05, 3.63) is 96.1 Å². The summed E-state index contributed by atoms with van der Waals surface area (Å²) in [6.07, 6.45) is 0.611. The van der Waals surface area contributed by atoms with E-state index in [9.17, 15) is 8.42 Å². The summed E-state index contributed by atoms with van der Waals surface area (Å²) in [5, 5.41) is 10.3. The van der Waals surface area contributed by atoms with Gasteiger partial charge in [-0.15, -0.1) is 0 Å². The number of anilines is 1. The molecule has 0 saturated heterocycles. The van der Waals surface area contributed by atoms with Gasteiger partial charge in [-0.2, -0.15) is 0 Å². The van der Waals surface area contributed by atoms with Gasteiger partial charge in [0, 0.05) is 21.9 Å². The summed E-state index contributed by atoms with van der Waals surface area (Å²) >= 11 is 0. The average Bonchev–Trinajstić information content (AvgIpc) is 2.86. The first-order chi connectivity index (χ1) is 16.4. The van der Waals surface area contributed by atoms with Crippen LogP contribution >= 0.6 is 0 Å². The first-order valence-corrected chi connectivity index (χ1v) is 13.4. The van der Waals surface area contributed by atoms with Crippen LogP contribution in [-0.4, -0.2) is 25.8 Å². The van der Waals surface area contributed by atoms with Crippen LogP contribution in [0.4, 0.5) is 5.69 Å². The van der Waals surface area contributed by atoms with Gasteiger partial charge in [0.15, 0.2) is 0 Å². The Morgan fingerprint density at radius 3 is 2.47 bits per heavy atom. The Morgan fingerprint density at radius 1 is 0.941 bits per heavy atom. The second-order valence-corrected chi connectivity index (χ2v) is 10.8. The van der Waals surface area contributed by atoms with Crippen molar-refractivity contribution < 1.29 is 13.2 Å². The quantitative estimate of drug-likeness (QED) is 0.149. The Hall–Kier alpha value is -3.29. The van der Waals surface area contributed by atoms with Gasteiger partial charge in [-0.05, 0) is 60.5 Å². The van der Waals surface area contributed by atoms with Crippen molar-refractivity contribution in [3.8, 4) is 5.75 Å². The van der Waals surface area contributed by atoms with Crippen LogP contribution in [0.2, 0.25) is 0 Å². The average molecular weight is 491 g/mol. The van der Waals surface area contributed by atoms with E-state index in [-0.39, 0.29) is 5.04 Å². The fourth-order valence-corrected chi connectivity index (χ4v) is 5.82. The molecular weight excluding hydrogens is 464 g/mol. The fourth-order valence-electron chi connectivity index (χ4n) is 3.58. The van der Waals surface area contributed by atoms with Crippen LogP contribution < -0.4 is 10.5 Å². The Labute approximate surface area is 204 Å². The maximum Gasteiger partial charge on any atom is 0.133 e. The van der Waals surface area contributed by atoms with Crippen molar-refractivity contribution >= 4 is 43.1 Å². The first-order valence-electron chi connectivity index (χ1n) is 10.9. The smallest absolute Gasteiger partial charge is 0.133 e. The number of nitrogens with two attached hydrogens (primary N) is 1. The predicted octanol–water partition coefficient (Wildman–Crippen LogP) is 5.44. The number of nitrogens with one attached hydrogen (secondary N) is 1. The van der Waals surface area contributed by atoms with Crippen molar-refractivity contribution in [2.75, 3.05) is 18.1 Å². The van der Waals surface area contributed by atoms with Crippen molar-refractivity contribution in [1.29, 1.82) is 5.41 Å². The van der Waals surface area contributed by atoms with E-state index in [2.05, 4.69) is 0 Å². The summed E-state index contributed by atoms with van der Waals surface area (Å²) in [7, 11) is -2.78. The highest BCUT2D eigenvalue weighted by molar-refractivity contribution is 8.01. The highest BCUT2D eigenvalue weighted by atomic mass is 32.2. The number of hydrogen-bond acceptors (Lipinski definition) is 5. The standard InChI is InChI=1S/C27H26N2O3S2/c1-19-10-13-22(14-11-19)33(30)17-5-16-32-21-12-15-25(28)24(18-21)27(29)34(31)26-9-4-7-20-6-2-3-8-23(20)26/h2-4,6-15,18,29H,5,16-17,28H2,1H3. The van der Waals surface area contributed by atoms with Gasteiger partial charge in [0.2, 0.25) is 0 Å². The van der Waals surface area contributed by atoms with E-state index >= 15 is 0 Å². The number of benzene rings is 4. The van der Waals surface area contributed by atoms with E-state index in [0.717, 1.165) is 21.2 Å². The van der Waals surface area contributed by atoms with Crippen molar-refractivity contribution in [3.63, 3.8) is 0 Å². The maximum absolute atomic E-state index is 13.3. The molecule has 0 spiro atoms. The largest absolute Gasteiger partial charge is 0.494 e. The minimum absolute atomic E-state index is 0.0697. The van der Waals surface area contributed by atoms with Gasteiger partial charge in [-0.3, -0.25) is 9.62 Å².